The molecule has 3 heteroatoms. The topological polar surface area (TPSA) is 49.3 Å². The monoisotopic (exact) mass is 235 g/mol. The Morgan fingerprint density at radius 2 is 2.12 bits per heavy atom. The van der Waals surface area contributed by atoms with Gasteiger partial charge in [-0.3, -0.25) is 4.79 Å². The summed E-state index contributed by atoms with van der Waals surface area (Å²) in [7, 11) is 0. The Labute approximate surface area is 103 Å². The van der Waals surface area contributed by atoms with Crippen molar-refractivity contribution < 1.29 is 9.90 Å². The fraction of sp³-hybridized carbons (Fsp3) is 0.500. The van der Waals surface area contributed by atoms with Gasteiger partial charge in [0.15, 0.2) is 0 Å². The molecule has 1 unspecified atom stereocenters. The number of aryl methyl sites for hydroxylation is 1. The second-order valence-electron chi connectivity index (χ2n) is 4.38. The van der Waals surface area contributed by atoms with E-state index in [1.807, 2.05) is 19.1 Å². The van der Waals surface area contributed by atoms with Crippen molar-refractivity contribution >= 4 is 11.7 Å². The lowest BCUT2D eigenvalue weighted by molar-refractivity contribution is -0.137. The van der Waals surface area contributed by atoms with Gasteiger partial charge in [-0.25, -0.2) is 0 Å². The van der Waals surface area contributed by atoms with Crippen LogP contribution in [0.15, 0.2) is 24.3 Å². The van der Waals surface area contributed by atoms with E-state index in [2.05, 4.69) is 24.4 Å². The molecule has 1 rings (SSSR count). The SMILES string of the molecule is CCCc1ccccc1NC(C)CCC(=O)O. The van der Waals surface area contributed by atoms with Gasteiger partial charge in [0.1, 0.15) is 0 Å². The van der Waals surface area contributed by atoms with E-state index < -0.39 is 5.97 Å². The molecule has 0 aliphatic rings. The maximum atomic E-state index is 10.5. The van der Waals surface area contributed by atoms with Crippen LogP contribution in [-0.2, 0) is 11.2 Å². The third-order valence-electron chi connectivity index (χ3n) is 2.73. The van der Waals surface area contributed by atoms with Crippen LogP contribution in [0.3, 0.4) is 0 Å². The van der Waals surface area contributed by atoms with Crippen LogP contribution in [0.4, 0.5) is 5.69 Å². The van der Waals surface area contributed by atoms with Crippen LogP contribution < -0.4 is 5.32 Å². The van der Waals surface area contributed by atoms with Gasteiger partial charge in [0, 0.05) is 18.2 Å². The van der Waals surface area contributed by atoms with Crippen molar-refractivity contribution in [2.45, 2.75) is 45.6 Å². The summed E-state index contributed by atoms with van der Waals surface area (Å²) in [6, 6.07) is 8.41. The number of carbonyl (C=O) groups is 1. The lowest BCUT2D eigenvalue weighted by atomic mass is 10.1. The average molecular weight is 235 g/mol. The van der Waals surface area contributed by atoms with Gasteiger partial charge in [-0.1, -0.05) is 31.5 Å². The molecule has 1 aromatic rings. The first-order valence-electron chi connectivity index (χ1n) is 6.19. The molecular weight excluding hydrogens is 214 g/mol. The minimum atomic E-state index is -0.736. The van der Waals surface area contributed by atoms with E-state index in [4.69, 9.17) is 5.11 Å². The van der Waals surface area contributed by atoms with Crippen molar-refractivity contribution in [3.8, 4) is 0 Å². The highest BCUT2D eigenvalue weighted by Crippen LogP contribution is 2.18. The summed E-state index contributed by atoms with van der Waals surface area (Å²) in [5, 5.41) is 12.0. The minimum Gasteiger partial charge on any atom is -0.481 e. The lowest BCUT2D eigenvalue weighted by Crippen LogP contribution is -2.17. The van der Waals surface area contributed by atoms with Gasteiger partial charge in [-0.05, 0) is 31.4 Å². The van der Waals surface area contributed by atoms with Crippen LogP contribution in [0.25, 0.3) is 0 Å². The summed E-state index contributed by atoms with van der Waals surface area (Å²) in [6.45, 7) is 4.18. The quantitative estimate of drug-likeness (QED) is 0.762. The van der Waals surface area contributed by atoms with Gasteiger partial charge >= 0.3 is 5.97 Å². The predicted molar refractivity (Wildman–Crippen MR) is 70.4 cm³/mol. The Morgan fingerprint density at radius 3 is 2.76 bits per heavy atom. The largest absolute Gasteiger partial charge is 0.481 e. The Hall–Kier alpha value is -1.51. The van der Waals surface area contributed by atoms with Gasteiger partial charge in [0.2, 0.25) is 0 Å². The number of anilines is 1. The number of nitrogens with one attached hydrogen (secondary N) is 1. The molecule has 3 nitrogen and oxygen atoms in total. The van der Waals surface area contributed by atoms with Crippen LogP contribution in [-0.4, -0.2) is 17.1 Å². The smallest absolute Gasteiger partial charge is 0.303 e. The summed E-state index contributed by atoms with van der Waals surface area (Å²) < 4.78 is 0. The van der Waals surface area contributed by atoms with Crippen molar-refractivity contribution in [2.75, 3.05) is 5.32 Å². The zero-order chi connectivity index (χ0) is 12.7. The maximum absolute atomic E-state index is 10.5. The van der Waals surface area contributed by atoms with E-state index in [9.17, 15) is 4.79 Å². The molecule has 94 valence electrons. The van der Waals surface area contributed by atoms with Crippen LogP contribution in [0.5, 0.6) is 0 Å². The molecule has 0 aliphatic heterocycles. The molecule has 0 aliphatic carbocycles. The molecule has 0 aromatic heterocycles. The second-order valence-corrected chi connectivity index (χ2v) is 4.38. The number of carboxylic acids is 1. The summed E-state index contributed by atoms with van der Waals surface area (Å²) in [5.41, 5.74) is 2.43. The molecule has 0 saturated heterocycles. The summed E-state index contributed by atoms with van der Waals surface area (Å²) >= 11 is 0. The van der Waals surface area contributed by atoms with Gasteiger partial charge in [0.05, 0.1) is 0 Å². The normalized spacial score (nSPS) is 12.1. The molecule has 1 aromatic carbocycles. The highest BCUT2D eigenvalue weighted by molar-refractivity contribution is 5.66. The van der Waals surface area contributed by atoms with Crippen molar-refractivity contribution in [1.29, 1.82) is 0 Å². The molecule has 1 atom stereocenters. The molecule has 0 radical (unpaired) electrons. The Kier molecular flexibility index (Phi) is 5.53. The Balaban J connectivity index is 2.57. The molecule has 0 bridgehead atoms. The van der Waals surface area contributed by atoms with E-state index in [1.54, 1.807) is 0 Å². The third kappa shape index (κ3) is 4.89. The predicted octanol–water partition coefficient (Wildman–Crippen LogP) is 3.30. The fourth-order valence-corrected chi connectivity index (χ4v) is 1.83. The van der Waals surface area contributed by atoms with E-state index in [0.29, 0.717) is 6.42 Å². The molecule has 0 fully saturated rings. The molecule has 17 heavy (non-hydrogen) atoms. The van der Waals surface area contributed by atoms with Crippen LogP contribution >= 0.6 is 0 Å². The lowest BCUT2D eigenvalue weighted by Gasteiger charge is -2.17. The highest BCUT2D eigenvalue weighted by atomic mass is 16.4. The summed E-state index contributed by atoms with van der Waals surface area (Å²) in [5.74, 6) is -0.736. The second kappa shape index (κ2) is 6.94. The van der Waals surface area contributed by atoms with Crippen molar-refractivity contribution in [1.82, 2.24) is 0 Å². The van der Waals surface area contributed by atoms with Crippen molar-refractivity contribution in [3.05, 3.63) is 29.8 Å². The molecule has 2 N–H and O–H groups in total. The number of hydrogen-bond donors (Lipinski definition) is 2. The number of carboxylic acid groups (broad SMARTS) is 1. The van der Waals surface area contributed by atoms with E-state index in [0.717, 1.165) is 18.5 Å². The van der Waals surface area contributed by atoms with Crippen molar-refractivity contribution in [2.24, 2.45) is 0 Å². The fourth-order valence-electron chi connectivity index (χ4n) is 1.83. The number of aliphatic carboxylic acids is 1. The van der Waals surface area contributed by atoms with Gasteiger partial charge < -0.3 is 10.4 Å². The van der Waals surface area contributed by atoms with Gasteiger partial charge in [0.25, 0.3) is 0 Å². The van der Waals surface area contributed by atoms with E-state index >= 15 is 0 Å². The van der Waals surface area contributed by atoms with E-state index in [1.165, 1.54) is 5.56 Å². The third-order valence-corrected chi connectivity index (χ3v) is 2.73. The minimum absolute atomic E-state index is 0.184. The molecule has 0 amide bonds. The first-order valence-corrected chi connectivity index (χ1v) is 6.19. The number of rotatable bonds is 7. The molecule has 0 heterocycles. The van der Waals surface area contributed by atoms with E-state index in [-0.39, 0.29) is 12.5 Å². The van der Waals surface area contributed by atoms with Crippen molar-refractivity contribution in [3.63, 3.8) is 0 Å². The standard InChI is InChI=1S/C14H21NO2/c1-3-6-12-7-4-5-8-13(12)15-11(2)9-10-14(16)17/h4-5,7-8,11,15H,3,6,9-10H2,1-2H3,(H,16,17). The summed E-state index contributed by atoms with van der Waals surface area (Å²) in [4.78, 5) is 10.5. The first kappa shape index (κ1) is 13.6. The molecule has 0 spiro atoms. The highest BCUT2D eigenvalue weighted by Gasteiger charge is 2.07. The Morgan fingerprint density at radius 1 is 1.41 bits per heavy atom. The first-order chi connectivity index (χ1) is 8.13. The van der Waals surface area contributed by atoms with Crippen LogP contribution in [0.1, 0.15) is 38.7 Å². The molecular formula is C14H21NO2. The Bertz CT molecular complexity index is 363. The maximum Gasteiger partial charge on any atom is 0.303 e. The average Bonchev–Trinajstić information content (AvgIpc) is 2.29. The number of benzene rings is 1. The summed E-state index contributed by atoms with van der Waals surface area (Å²) in [6.07, 6.45) is 3.02. The number of para-hydroxylation sites is 1. The zero-order valence-electron chi connectivity index (χ0n) is 10.6. The number of hydrogen-bond acceptors (Lipinski definition) is 2. The molecule has 0 saturated carbocycles. The van der Waals surface area contributed by atoms with Crippen LogP contribution in [0, 0.1) is 0 Å². The van der Waals surface area contributed by atoms with Gasteiger partial charge in [-0.2, -0.15) is 0 Å². The van der Waals surface area contributed by atoms with Crippen LogP contribution in [0.2, 0.25) is 0 Å². The zero-order valence-corrected chi connectivity index (χ0v) is 10.6. The van der Waals surface area contributed by atoms with Gasteiger partial charge in [-0.15, -0.1) is 0 Å².